The van der Waals surface area contributed by atoms with Gasteiger partial charge in [0.1, 0.15) is 0 Å². The first-order valence-electron chi connectivity index (χ1n) is 7.60. The first kappa shape index (κ1) is 15.6. The third-order valence-electron chi connectivity index (χ3n) is 3.40. The van der Waals surface area contributed by atoms with Gasteiger partial charge in [0.05, 0.1) is 0 Å². The summed E-state index contributed by atoms with van der Waals surface area (Å²) in [4.78, 5) is 0. The molecule has 1 rings (SSSR count). The maximum atomic E-state index is 5.87. The molecule has 0 radical (unpaired) electrons. The van der Waals surface area contributed by atoms with E-state index < -0.39 is 0 Å². The number of nitrogens with two attached hydrogens (primary N) is 1. The molecule has 2 N–H and O–H groups in total. The number of rotatable bonds is 7. The summed E-state index contributed by atoms with van der Waals surface area (Å²) in [5.74, 6) is 6.97. The zero-order valence-corrected chi connectivity index (χ0v) is 12.4. The highest BCUT2D eigenvalue weighted by atomic mass is 14.5. The van der Waals surface area contributed by atoms with Crippen molar-refractivity contribution in [2.45, 2.75) is 58.8 Å². The largest absolute Gasteiger partial charge is 0.398 e. The van der Waals surface area contributed by atoms with E-state index in [1.54, 1.807) is 0 Å². The van der Waals surface area contributed by atoms with Crippen LogP contribution in [0.4, 0.5) is 5.69 Å². The molecule has 0 heterocycles. The van der Waals surface area contributed by atoms with Gasteiger partial charge >= 0.3 is 0 Å². The number of anilines is 1. The molecule has 0 bridgehead atoms. The van der Waals surface area contributed by atoms with Crippen molar-refractivity contribution in [3.05, 3.63) is 29.8 Å². The summed E-state index contributed by atoms with van der Waals surface area (Å²) in [6.45, 7) is 4.46. The van der Waals surface area contributed by atoms with Gasteiger partial charge in [-0.1, -0.05) is 76.3 Å². The molecule has 0 aliphatic heterocycles. The molecule has 1 heteroatoms. The maximum absolute atomic E-state index is 5.87. The summed E-state index contributed by atoms with van der Waals surface area (Å²) < 4.78 is 0. The molecule has 0 aromatic heterocycles. The van der Waals surface area contributed by atoms with Crippen molar-refractivity contribution in [1.29, 1.82) is 0 Å². The van der Waals surface area contributed by atoms with E-state index >= 15 is 0 Å². The van der Waals surface area contributed by atoms with Crippen molar-refractivity contribution in [1.82, 2.24) is 0 Å². The van der Waals surface area contributed by atoms with Crippen molar-refractivity contribution in [3.63, 3.8) is 0 Å². The molecule has 0 spiro atoms. The van der Waals surface area contributed by atoms with Crippen LogP contribution >= 0.6 is 0 Å². The highest BCUT2D eigenvalue weighted by molar-refractivity contribution is 5.55. The van der Waals surface area contributed by atoms with Crippen molar-refractivity contribution in [2.24, 2.45) is 5.92 Å². The Morgan fingerprint density at radius 3 is 2.47 bits per heavy atom. The van der Waals surface area contributed by atoms with Crippen LogP contribution in [0.3, 0.4) is 0 Å². The Morgan fingerprint density at radius 1 is 1.05 bits per heavy atom. The lowest BCUT2D eigenvalue weighted by Crippen LogP contribution is -1.92. The Hall–Kier alpha value is -1.42. The summed E-state index contributed by atoms with van der Waals surface area (Å²) in [7, 11) is 0. The monoisotopic (exact) mass is 257 g/mol. The SMILES string of the molecule is CCCCCCCCC(C)C#Cc1ccccc1N. The van der Waals surface area contributed by atoms with Crippen molar-refractivity contribution >= 4 is 5.69 Å². The minimum absolute atomic E-state index is 0.464. The Bertz CT molecular complexity index is 411. The van der Waals surface area contributed by atoms with Gasteiger partial charge in [-0.15, -0.1) is 0 Å². The van der Waals surface area contributed by atoms with Gasteiger partial charge in [-0.2, -0.15) is 0 Å². The van der Waals surface area contributed by atoms with Gasteiger partial charge in [-0.05, 0) is 18.6 Å². The second kappa shape index (κ2) is 9.50. The van der Waals surface area contributed by atoms with Crippen molar-refractivity contribution < 1.29 is 0 Å². The number of para-hydroxylation sites is 1. The number of hydrogen-bond acceptors (Lipinski definition) is 1. The van der Waals surface area contributed by atoms with Gasteiger partial charge in [0.25, 0.3) is 0 Å². The molecular weight excluding hydrogens is 230 g/mol. The Kier molecular flexibility index (Phi) is 7.82. The van der Waals surface area contributed by atoms with Crippen LogP contribution in [-0.4, -0.2) is 0 Å². The van der Waals surface area contributed by atoms with E-state index in [1.165, 1.54) is 44.9 Å². The molecule has 1 atom stereocenters. The summed E-state index contributed by atoms with van der Waals surface area (Å²) in [6.07, 6.45) is 9.30. The molecule has 1 unspecified atom stereocenters. The maximum Gasteiger partial charge on any atom is 0.0474 e. The fourth-order valence-electron chi connectivity index (χ4n) is 2.11. The number of nitrogen functional groups attached to an aromatic ring is 1. The minimum Gasteiger partial charge on any atom is -0.398 e. The molecule has 1 aromatic rings. The molecule has 1 nitrogen and oxygen atoms in total. The predicted molar refractivity (Wildman–Crippen MR) is 84.9 cm³/mol. The minimum atomic E-state index is 0.464. The Balaban J connectivity index is 2.25. The lowest BCUT2D eigenvalue weighted by molar-refractivity contribution is 0.551. The van der Waals surface area contributed by atoms with Gasteiger partial charge in [0.2, 0.25) is 0 Å². The van der Waals surface area contributed by atoms with Crippen LogP contribution in [0.5, 0.6) is 0 Å². The topological polar surface area (TPSA) is 26.0 Å². The summed E-state index contributed by atoms with van der Waals surface area (Å²) in [6, 6.07) is 7.82. The third-order valence-corrected chi connectivity index (χ3v) is 3.40. The van der Waals surface area contributed by atoms with Gasteiger partial charge in [0.15, 0.2) is 0 Å². The normalized spacial score (nSPS) is 11.7. The summed E-state index contributed by atoms with van der Waals surface area (Å²) in [5, 5.41) is 0. The van der Waals surface area contributed by atoms with Crippen LogP contribution in [0.1, 0.15) is 64.4 Å². The van der Waals surface area contributed by atoms with E-state index in [9.17, 15) is 0 Å². The van der Waals surface area contributed by atoms with Crippen LogP contribution in [-0.2, 0) is 0 Å². The van der Waals surface area contributed by atoms with E-state index in [2.05, 4.69) is 25.7 Å². The smallest absolute Gasteiger partial charge is 0.0474 e. The fourth-order valence-corrected chi connectivity index (χ4v) is 2.11. The van der Waals surface area contributed by atoms with Crippen molar-refractivity contribution in [2.75, 3.05) is 5.73 Å². The first-order valence-corrected chi connectivity index (χ1v) is 7.60. The molecule has 0 fully saturated rings. The second-order valence-electron chi connectivity index (χ2n) is 5.31. The Morgan fingerprint density at radius 2 is 1.74 bits per heavy atom. The Labute approximate surface area is 118 Å². The molecule has 0 saturated heterocycles. The predicted octanol–water partition coefficient (Wildman–Crippen LogP) is 5.01. The zero-order chi connectivity index (χ0) is 13.9. The van der Waals surface area contributed by atoms with E-state index in [0.29, 0.717) is 5.92 Å². The molecule has 0 aliphatic rings. The molecule has 0 aliphatic carbocycles. The quantitative estimate of drug-likeness (QED) is 0.415. The number of hydrogen-bond donors (Lipinski definition) is 1. The van der Waals surface area contributed by atoms with Crippen LogP contribution in [0, 0.1) is 17.8 Å². The van der Waals surface area contributed by atoms with Crippen LogP contribution < -0.4 is 5.73 Å². The zero-order valence-electron chi connectivity index (χ0n) is 12.4. The second-order valence-corrected chi connectivity index (χ2v) is 5.31. The van der Waals surface area contributed by atoms with E-state index in [1.807, 2.05) is 24.3 Å². The number of benzene rings is 1. The highest BCUT2D eigenvalue weighted by Gasteiger charge is 1.98. The number of unbranched alkanes of at least 4 members (excludes halogenated alkanes) is 5. The fraction of sp³-hybridized carbons (Fsp3) is 0.556. The molecular formula is C18H27N. The van der Waals surface area contributed by atoms with Gasteiger partial charge in [-0.25, -0.2) is 0 Å². The van der Waals surface area contributed by atoms with Crippen LogP contribution in [0.2, 0.25) is 0 Å². The lowest BCUT2D eigenvalue weighted by atomic mass is 10.0. The van der Waals surface area contributed by atoms with Crippen LogP contribution in [0.15, 0.2) is 24.3 Å². The van der Waals surface area contributed by atoms with Gasteiger partial charge in [0, 0.05) is 17.2 Å². The summed E-state index contributed by atoms with van der Waals surface area (Å²) >= 11 is 0. The lowest BCUT2D eigenvalue weighted by Gasteiger charge is -2.04. The average molecular weight is 257 g/mol. The van der Waals surface area contributed by atoms with Gasteiger partial charge < -0.3 is 5.73 Å². The van der Waals surface area contributed by atoms with E-state index in [-0.39, 0.29) is 0 Å². The molecule has 0 saturated carbocycles. The molecule has 104 valence electrons. The molecule has 19 heavy (non-hydrogen) atoms. The van der Waals surface area contributed by atoms with E-state index in [4.69, 9.17) is 5.73 Å². The molecule has 0 amide bonds. The van der Waals surface area contributed by atoms with Crippen molar-refractivity contribution in [3.8, 4) is 11.8 Å². The van der Waals surface area contributed by atoms with Gasteiger partial charge in [-0.3, -0.25) is 0 Å². The highest BCUT2D eigenvalue weighted by Crippen LogP contribution is 2.13. The van der Waals surface area contributed by atoms with Crippen LogP contribution in [0.25, 0.3) is 0 Å². The van der Waals surface area contributed by atoms with E-state index in [0.717, 1.165) is 11.3 Å². The summed E-state index contributed by atoms with van der Waals surface area (Å²) in [5.41, 5.74) is 7.61. The first-order chi connectivity index (χ1) is 9.24. The average Bonchev–Trinajstić information content (AvgIpc) is 2.42. The third kappa shape index (κ3) is 6.91. The standard InChI is InChI=1S/C18H27N/c1-3-4-5-6-7-8-11-16(2)14-15-17-12-9-10-13-18(17)19/h9-10,12-13,16H,3-8,11,19H2,1-2H3. The molecule has 1 aromatic carbocycles.